The lowest BCUT2D eigenvalue weighted by molar-refractivity contribution is -0.119. The van der Waals surface area contributed by atoms with Crippen molar-refractivity contribution in [3.63, 3.8) is 0 Å². The quantitative estimate of drug-likeness (QED) is 0.505. The summed E-state index contributed by atoms with van der Waals surface area (Å²) in [5, 5.41) is 5.97. The Morgan fingerprint density at radius 2 is 2.13 bits per heavy atom. The van der Waals surface area contributed by atoms with Crippen LogP contribution in [-0.2, 0) is 16.1 Å². The molecule has 0 heterocycles. The molecule has 0 radical (unpaired) electrons. The molecule has 0 aromatic heterocycles. The van der Waals surface area contributed by atoms with Crippen LogP contribution in [0.15, 0.2) is 29.3 Å². The maximum Gasteiger partial charge on any atom is 0.227 e. The number of carbonyl (C=O) groups excluding carboxylic acids is 1. The minimum absolute atomic E-state index is 0.00112. The molecule has 0 aliphatic carbocycles. The largest absolute Gasteiger partial charge is 0.383 e. The van der Waals surface area contributed by atoms with Gasteiger partial charge in [-0.15, -0.1) is 0 Å². The zero-order valence-electron chi connectivity index (χ0n) is 14.4. The predicted octanol–water partition coefficient (Wildman–Crippen LogP) is 2.11. The van der Waals surface area contributed by atoms with E-state index in [1.807, 2.05) is 45.0 Å². The number of rotatable bonds is 8. The van der Waals surface area contributed by atoms with Gasteiger partial charge in [0.05, 0.1) is 13.2 Å². The predicted molar refractivity (Wildman–Crippen MR) is 94.3 cm³/mol. The third kappa shape index (κ3) is 7.15. The molecule has 0 saturated carbocycles. The van der Waals surface area contributed by atoms with Crippen molar-refractivity contribution in [1.29, 1.82) is 0 Å². The fourth-order valence-electron chi connectivity index (χ4n) is 1.96. The summed E-state index contributed by atoms with van der Waals surface area (Å²) in [7, 11) is 1.64. The second kappa shape index (κ2) is 9.84. The molecule has 2 unspecified atom stereocenters. The Bertz CT molecular complexity index is 531. The zero-order chi connectivity index (χ0) is 17.2. The number of nitrogens with two attached hydrogens (primary N) is 1. The molecule has 23 heavy (non-hydrogen) atoms. The van der Waals surface area contributed by atoms with Gasteiger partial charge in [-0.05, 0) is 31.0 Å². The number of hydrogen-bond acceptors (Lipinski definition) is 3. The number of amides is 1. The molecule has 128 valence electrons. The van der Waals surface area contributed by atoms with Crippen molar-refractivity contribution in [2.24, 2.45) is 16.6 Å². The molecule has 0 fully saturated rings. The molecule has 1 amide bonds. The van der Waals surface area contributed by atoms with Gasteiger partial charge < -0.3 is 21.1 Å². The summed E-state index contributed by atoms with van der Waals surface area (Å²) < 4.78 is 5.04. The molecular weight excluding hydrogens is 292 g/mol. The van der Waals surface area contributed by atoms with Crippen LogP contribution in [0.1, 0.15) is 32.8 Å². The summed E-state index contributed by atoms with van der Waals surface area (Å²) in [6, 6.07) is 7.73. The van der Waals surface area contributed by atoms with Gasteiger partial charge in [-0.1, -0.05) is 26.0 Å². The fourth-order valence-corrected chi connectivity index (χ4v) is 1.96. The van der Waals surface area contributed by atoms with Crippen molar-refractivity contribution >= 4 is 17.6 Å². The van der Waals surface area contributed by atoms with Crippen molar-refractivity contribution in [3.8, 4) is 0 Å². The summed E-state index contributed by atoms with van der Waals surface area (Å²) in [5.41, 5.74) is 7.61. The Kier molecular flexibility index (Phi) is 8.11. The third-order valence-corrected chi connectivity index (χ3v) is 3.50. The number of ether oxygens (including phenoxy) is 1. The van der Waals surface area contributed by atoms with Gasteiger partial charge in [0.2, 0.25) is 5.91 Å². The average Bonchev–Trinajstić information content (AvgIpc) is 2.52. The van der Waals surface area contributed by atoms with Crippen LogP contribution in [0.3, 0.4) is 0 Å². The van der Waals surface area contributed by atoms with Gasteiger partial charge in [-0.2, -0.15) is 0 Å². The highest BCUT2D eigenvalue weighted by Gasteiger charge is 2.10. The van der Waals surface area contributed by atoms with E-state index in [0.29, 0.717) is 19.1 Å². The van der Waals surface area contributed by atoms with Crippen LogP contribution in [0.5, 0.6) is 0 Å². The van der Waals surface area contributed by atoms with Crippen molar-refractivity contribution in [1.82, 2.24) is 5.32 Å². The average molecular weight is 320 g/mol. The number of nitrogens with zero attached hydrogens (tertiary/aromatic N) is 1. The SMILES string of the molecule is CCC(C)C(=O)Nc1cccc(CN=C(N)NC(C)COC)c1. The van der Waals surface area contributed by atoms with Crippen LogP contribution in [0.4, 0.5) is 5.69 Å². The molecule has 6 nitrogen and oxygen atoms in total. The van der Waals surface area contributed by atoms with Crippen LogP contribution in [0, 0.1) is 5.92 Å². The lowest BCUT2D eigenvalue weighted by atomic mass is 10.1. The molecule has 1 aromatic rings. The van der Waals surface area contributed by atoms with E-state index in [9.17, 15) is 4.79 Å². The molecular formula is C17H28N4O2. The highest BCUT2D eigenvalue weighted by Crippen LogP contribution is 2.13. The van der Waals surface area contributed by atoms with Gasteiger partial charge in [-0.25, -0.2) is 4.99 Å². The number of methoxy groups -OCH3 is 1. The summed E-state index contributed by atoms with van der Waals surface area (Å²) in [6.07, 6.45) is 0.817. The Hall–Kier alpha value is -2.08. The lowest BCUT2D eigenvalue weighted by Crippen LogP contribution is -2.40. The van der Waals surface area contributed by atoms with E-state index in [1.54, 1.807) is 7.11 Å². The van der Waals surface area contributed by atoms with Crippen molar-refractivity contribution in [2.75, 3.05) is 19.0 Å². The first-order chi connectivity index (χ1) is 11.0. The Morgan fingerprint density at radius 3 is 2.78 bits per heavy atom. The van der Waals surface area contributed by atoms with E-state index < -0.39 is 0 Å². The number of benzene rings is 1. The fraction of sp³-hybridized carbons (Fsp3) is 0.529. The van der Waals surface area contributed by atoms with E-state index in [4.69, 9.17) is 10.5 Å². The molecule has 0 bridgehead atoms. The second-order valence-electron chi connectivity index (χ2n) is 5.70. The number of nitrogens with one attached hydrogen (secondary N) is 2. The minimum Gasteiger partial charge on any atom is -0.383 e. The molecule has 0 saturated heterocycles. The van der Waals surface area contributed by atoms with E-state index in [0.717, 1.165) is 17.7 Å². The highest BCUT2D eigenvalue weighted by atomic mass is 16.5. The van der Waals surface area contributed by atoms with E-state index >= 15 is 0 Å². The van der Waals surface area contributed by atoms with Gasteiger partial charge in [0.15, 0.2) is 5.96 Å². The Labute approximate surface area is 138 Å². The number of guanidine groups is 1. The standard InChI is InChI=1S/C17H28N4O2/c1-5-12(2)16(22)21-15-8-6-7-14(9-15)10-19-17(18)20-13(3)11-23-4/h6-9,12-13H,5,10-11H2,1-4H3,(H,21,22)(H3,18,19,20). The normalized spacial score (nSPS) is 14.2. The second-order valence-corrected chi connectivity index (χ2v) is 5.70. The van der Waals surface area contributed by atoms with Gasteiger partial charge in [-0.3, -0.25) is 4.79 Å². The summed E-state index contributed by atoms with van der Waals surface area (Å²) >= 11 is 0. The van der Waals surface area contributed by atoms with Crippen LogP contribution in [0.2, 0.25) is 0 Å². The van der Waals surface area contributed by atoms with E-state index in [1.165, 1.54) is 0 Å². The van der Waals surface area contributed by atoms with Crippen LogP contribution < -0.4 is 16.4 Å². The summed E-state index contributed by atoms with van der Waals surface area (Å²) in [6.45, 7) is 6.89. The maximum absolute atomic E-state index is 11.9. The molecule has 1 rings (SSSR count). The van der Waals surface area contributed by atoms with Gasteiger partial charge in [0.1, 0.15) is 0 Å². The number of carbonyl (C=O) groups is 1. The summed E-state index contributed by atoms with van der Waals surface area (Å²) in [5.74, 6) is 0.408. The third-order valence-electron chi connectivity index (χ3n) is 3.50. The molecule has 0 aliphatic rings. The van der Waals surface area contributed by atoms with Crippen molar-refractivity contribution < 1.29 is 9.53 Å². The van der Waals surface area contributed by atoms with Crippen LogP contribution >= 0.6 is 0 Å². The molecule has 2 atom stereocenters. The highest BCUT2D eigenvalue weighted by molar-refractivity contribution is 5.92. The number of anilines is 1. The van der Waals surface area contributed by atoms with Crippen LogP contribution in [0.25, 0.3) is 0 Å². The molecule has 4 N–H and O–H groups in total. The monoisotopic (exact) mass is 320 g/mol. The van der Waals surface area contributed by atoms with Gasteiger partial charge >= 0.3 is 0 Å². The molecule has 0 spiro atoms. The van der Waals surface area contributed by atoms with Crippen molar-refractivity contribution in [2.45, 2.75) is 39.8 Å². The topological polar surface area (TPSA) is 88.7 Å². The van der Waals surface area contributed by atoms with E-state index in [-0.39, 0.29) is 17.9 Å². The van der Waals surface area contributed by atoms with Gasteiger partial charge in [0, 0.05) is 24.8 Å². The zero-order valence-corrected chi connectivity index (χ0v) is 14.4. The Morgan fingerprint density at radius 1 is 1.39 bits per heavy atom. The molecule has 6 heteroatoms. The minimum atomic E-state index is -0.00112. The smallest absolute Gasteiger partial charge is 0.227 e. The maximum atomic E-state index is 11.9. The number of hydrogen-bond donors (Lipinski definition) is 3. The van der Waals surface area contributed by atoms with Crippen LogP contribution in [-0.4, -0.2) is 31.6 Å². The lowest BCUT2D eigenvalue weighted by Gasteiger charge is -2.13. The Balaban J connectivity index is 2.61. The van der Waals surface area contributed by atoms with Crippen molar-refractivity contribution in [3.05, 3.63) is 29.8 Å². The first-order valence-electron chi connectivity index (χ1n) is 7.91. The number of aliphatic imine (C=N–C) groups is 1. The molecule has 1 aromatic carbocycles. The molecule has 0 aliphatic heterocycles. The first-order valence-corrected chi connectivity index (χ1v) is 7.91. The van der Waals surface area contributed by atoms with E-state index in [2.05, 4.69) is 15.6 Å². The summed E-state index contributed by atoms with van der Waals surface area (Å²) in [4.78, 5) is 16.2. The van der Waals surface area contributed by atoms with Gasteiger partial charge in [0.25, 0.3) is 0 Å². The first kappa shape index (κ1) is 19.0.